The van der Waals surface area contributed by atoms with Crippen molar-refractivity contribution < 1.29 is 4.52 Å². The van der Waals surface area contributed by atoms with Gasteiger partial charge >= 0.3 is 0 Å². The maximum Gasteiger partial charge on any atom is 0.138 e. The van der Waals surface area contributed by atoms with Gasteiger partial charge in [0.25, 0.3) is 0 Å². The predicted molar refractivity (Wildman–Crippen MR) is 86.8 cm³/mol. The molecule has 0 saturated carbocycles. The molecule has 3 rings (SSSR count). The fourth-order valence-corrected chi connectivity index (χ4v) is 2.99. The second kappa shape index (κ2) is 5.46. The van der Waals surface area contributed by atoms with Crippen LogP contribution in [0.5, 0.6) is 0 Å². The molecule has 0 bridgehead atoms. The topological polar surface area (TPSA) is 43.9 Å². The lowest BCUT2D eigenvalue weighted by molar-refractivity contribution is 0.392. The van der Waals surface area contributed by atoms with E-state index in [2.05, 4.69) is 36.7 Å². The van der Waals surface area contributed by atoms with Gasteiger partial charge in [0, 0.05) is 10.0 Å². The van der Waals surface area contributed by atoms with Crippen molar-refractivity contribution in [3.8, 4) is 0 Å². The molecular weight excluding hydrogens is 354 g/mol. The lowest BCUT2D eigenvalue weighted by atomic mass is 10.2. The van der Waals surface area contributed by atoms with Gasteiger partial charge in [-0.15, -0.1) is 11.6 Å². The van der Waals surface area contributed by atoms with Crippen LogP contribution in [0.25, 0.3) is 11.0 Å². The Kier molecular flexibility index (Phi) is 3.80. The van der Waals surface area contributed by atoms with Gasteiger partial charge in [0.15, 0.2) is 0 Å². The molecule has 0 radical (unpaired) electrons. The summed E-state index contributed by atoms with van der Waals surface area (Å²) in [7, 11) is 0. The van der Waals surface area contributed by atoms with Gasteiger partial charge in [0.2, 0.25) is 0 Å². The first-order valence-corrected chi connectivity index (χ1v) is 7.92. The van der Waals surface area contributed by atoms with Crippen molar-refractivity contribution >= 4 is 38.6 Å². The van der Waals surface area contributed by atoms with Crippen LogP contribution in [0.15, 0.2) is 27.2 Å². The highest BCUT2D eigenvalue weighted by Crippen LogP contribution is 2.28. The number of aromatic nitrogens is 3. The smallest absolute Gasteiger partial charge is 0.138 e. The summed E-state index contributed by atoms with van der Waals surface area (Å²) in [6.45, 7) is 6.46. The summed E-state index contributed by atoms with van der Waals surface area (Å²) in [5.74, 6) is 1.68. The predicted octanol–water partition coefficient (Wildman–Crippen LogP) is 4.75. The van der Waals surface area contributed by atoms with E-state index in [1.807, 2.05) is 32.9 Å². The number of aryl methyl sites for hydroxylation is 2. The van der Waals surface area contributed by atoms with Crippen LogP contribution in [0.2, 0.25) is 0 Å². The molecule has 0 spiro atoms. The number of nitrogens with zero attached hydrogens (tertiary/aromatic N) is 3. The highest BCUT2D eigenvalue weighted by Gasteiger charge is 2.18. The molecule has 0 aliphatic heterocycles. The molecule has 2 aromatic heterocycles. The summed E-state index contributed by atoms with van der Waals surface area (Å²) < 4.78 is 8.40. The lowest BCUT2D eigenvalue weighted by Gasteiger charge is -2.10. The van der Waals surface area contributed by atoms with Gasteiger partial charge in [-0.3, -0.25) is 0 Å². The van der Waals surface area contributed by atoms with Crippen molar-refractivity contribution in [2.45, 2.75) is 32.7 Å². The van der Waals surface area contributed by atoms with E-state index in [-0.39, 0.29) is 5.38 Å². The SMILES string of the molecule is Cc1noc(C)c1Cn1c(C(C)Cl)nc2ccc(Br)cc21. The van der Waals surface area contributed by atoms with Crippen molar-refractivity contribution in [1.29, 1.82) is 0 Å². The van der Waals surface area contributed by atoms with Gasteiger partial charge in [-0.2, -0.15) is 0 Å². The highest BCUT2D eigenvalue weighted by molar-refractivity contribution is 9.10. The zero-order chi connectivity index (χ0) is 15.1. The number of alkyl halides is 1. The number of hydrogen-bond donors (Lipinski definition) is 0. The maximum atomic E-state index is 6.31. The normalized spacial score (nSPS) is 13.0. The van der Waals surface area contributed by atoms with Crippen LogP contribution in [-0.4, -0.2) is 14.7 Å². The molecule has 110 valence electrons. The molecular formula is C15H15BrClN3O. The van der Waals surface area contributed by atoms with Crippen molar-refractivity contribution in [1.82, 2.24) is 14.7 Å². The molecule has 1 atom stereocenters. The van der Waals surface area contributed by atoms with Crippen molar-refractivity contribution in [2.75, 3.05) is 0 Å². The summed E-state index contributed by atoms with van der Waals surface area (Å²) in [4.78, 5) is 4.65. The molecule has 0 aliphatic carbocycles. The number of benzene rings is 1. The van der Waals surface area contributed by atoms with Crippen LogP contribution >= 0.6 is 27.5 Å². The molecule has 0 fully saturated rings. The molecule has 1 unspecified atom stereocenters. The Bertz CT molecular complexity index is 787. The van der Waals surface area contributed by atoms with E-state index in [0.29, 0.717) is 6.54 Å². The number of fused-ring (bicyclic) bond motifs is 1. The second-order valence-corrected chi connectivity index (χ2v) is 6.68. The summed E-state index contributed by atoms with van der Waals surface area (Å²) >= 11 is 9.82. The van der Waals surface area contributed by atoms with Crippen LogP contribution in [0.1, 0.15) is 35.1 Å². The fraction of sp³-hybridized carbons (Fsp3) is 0.333. The Labute approximate surface area is 136 Å². The van der Waals surface area contributed by atoms with Gasteiger partial charge in [0.05, 0.1) is 28.6 Å². The lowest BCUT2D eigenvalue weighted by Crippen LogP contribution is -2.07. The van der Waals surface area contributed by atoms with E-state index in [1.165, 1.54) is 0 Å². The molecule has 0 aliphatic rings. The van der Waals surface area contributed by atoms with Gasteiger partial charge in [0.1, 0.15) is 11.6 Å². The van der Waals surface area contributed by atoms with Crippen LogP contribution in [-0.2, 0) is 6.54 Å². The molecule has 3 aromatic rings. The van der Waals surface area contributed by atoms with E-state index in [4.69, 9.17) is 16.1 Å². The minimum Gasteiger partial charge on any atom is -0.361 e. The van der Waals surface area contributed by atoms with Crippen molar-refractivity contribution in [3.05, 3.63) is 45.5 Å². The quantitative estimate of drug-likeness (QED) is 0.626. The minimum atomic E-state index is -0.170. The first kappa shape index (κ1) is 14.6. The molecule has 0 N–H and O–H groups in total. The minimum absolute atomic E-state index is 0.170. The fourth-order valence-electron chi connectivity index (χ4n) is 2.47. The molecule has 1 aromatic carbocycles. The standard InChI is InChI=1S/C15H15BrClN3O/c1-8(17)15-18-13-5-4-11(16)6-14(13)20(15)7-12-9(2)19-21-10(12)3/h4-6,8H,7H2,1-3H3. The van der Waals surface area contributed by atoms with E-state index >= 15 is 0 Å². The van der Waals surface area contributed by atoms with Gasteiger partial charge in [-0.05, 0) is 39.0 Å². The van der Waals surface area contributed by atoms with Crippen molar-refractivity contribution in [2.24, 2.45) is 0 Å². The third kappa shape index (κ3) is 2.60. The Balaban J connectivity index is 2.19. The van der Waals surface area contributed by atoms with Gasteiger partial charge < -0.3 is 9.09 Å². The molecule has 6 heteroatoms. The first-order chi connectivity index (χ1) is 9.97. The Morgan fingerprint density at radius 3 is 2.76 bits per heavy atom. The number of hydrogen-bond acceptors (Lipinski definition) is 3. The monoisotopic (exact) mass is 367 g/mol. The summed E-state index contributed by atoms with van der Waals surface area (Å²) in [5.41, 5.74) is 3.96. The number of halogens is 2. The molecule has 2 heterocycles. The average molecular weight is 369 g/mol. The zero-order valence-electron chi connectivity index (χ0n) is 12.0. The summed E-state index contributed by atoms with van der Waals surface area (Å²) in [6.07, 6.45) is 0. The Morgan fingerprint density at radius 2 is 2.14 bits per heavy atom. The van der Waals surface area contributed by atoms with E-state index in [1.54, 1.807) is 0 Å². The highest BCUT2D eigenvalue weighted by atomic mass is 79.9. The molecule has 0 saturated heterocycles. The number of rotatable bonds is 3. The third-order valence-corrected chi connectivity index (χ3v) is 4.28. The van der Waals surface area contributed by atoms with E-state index in [9.17, 15) is 0 Å². The summed E-state index contributed by atoms with van der Waals surface area (Å²) in [5, 5.41) is 3.85. The second-order valence-electron chi connectivity index (χ2n) is 5.11. The first-order valence-electron chi connectivity index (χ1n) is 6.69. The summed E-state index contributed by atoms with van der Waals surface area (Å²) in [6, 6.07) is 6.04. The largest absolute Gasteiger partial charge is 0.361 e. The third-order valence-electron chi connectivity index (χ3n) is 3.59. The molecule has 4 nitrogen and oxygen atoms in total. The number of imidazole rings is 1. The molecule has 21 heavy (non-hydrogen) atoms. The van der Waals surface area contributed by atoms with Crippen molar-refractivity contribution in [3.63, 3.8) is 0 Å². The van der Waals surface area contributed by atoms with Crippen LogP contribution in [0.4, 0.5) is 0 Å². The van der Waals surface area contributed by atoms with E-state index < -0.39 is 0 Å². The van der Waals surface area contributed by atoms with Crippen LogP contribution in [0.3, 0.4) is 0 Å². The average Bonchev–Trinajstić information content (AvgIpc) is 2.94. The molecule has 0 amide bonds. The van der Waals surface area contributed by atoms with Crippen LogP contribution < -0.4 is 0 Å². The maximum absolute atomic E-state index is 6.31. The zero-order valence-corrected chi connectivity index (χ0v) is 14.4. The van der Waals surface area contributed by atoms with Gasteiger partial charge in [-0.25, -0.2) is 4.98 Å². The van der Waals surface area contributed by atoms with E-state index in [0.717, 1.165) is 38.3 Å². The van der Waals surface area contributed by atoms with Gasteiger partial charge in [-0.1, -0.05) is 21.1 Å². The van der Waals surface area contributed by atoms with Crippen LogP contribution in [0, 0.1) is 13.8 Å². The Hall–Kier alpha value is -1.33. The Morgan fingerprint density at radius 1 is 1.38 bits per heavy atom.